The Balaban J connectivity index is 1.81. The number of nitrogens with one attached hydrogen (secondary N) is 2. The van der Waals surface area contributed by atoms with E-state index >= 15 is 0 Å². The first-order valence-electron chi connectivity index (χ1n) is 11.8. The van der Waals surface area contributed by atoms with Gasteiger partial charge >= 0.3 is 0 Å². The van der Waals surface area contributed by atoms with Crippen molar-refractivity contribution in [1.29, 1.82) is 5.41 Å². The SMILES string of the molecule is CCCCCCCCn1c(=N)c(C(=O)Nc2cc(C)on2)cc2c(=O)n3cccc(C)c3nc21. The van der Waals surface area contributed by atoms with Crippen molar-refractivity contribution in [3.63, 3.8) is 0 Å². The lowest BCUT2D eigenvalue weighted by Gasteiger charge is -2.15. The van der Waals surface area contributed by atoms with Gasteiger partial charge in [-0.25, -0.2) is 4.98 Å². The average Bonchev–Trinajstić information content (AvgIpc) is 3.22. The summed E-state index contributed by atoms with van der Waals surface area (Å²) in [4.78, 5) is 31.2. The minimum absolute atomic E-state index is 0.0172. The van der Waals surface area contributed by atoms with E-state index in [4.69, 9.17) is 14.9 Å². The summed E-state index contributed by atoms with van der Waals surface area (Å²) in [6.07, 6.45) is 8.19. The molecule has 0 saturated carbocycles. The molecule has 4 aromatic heterocycles. The summed E-state index contributed by atoms with van der Waals surface area (Å²) >= 11 is 0. The van der Waals surface area contributed by atoms with E-state index in [1.54, 1.807) is 29.8 Å². The molecular formula is C25H30N6O3. The molecule has 9 heteroatoms. The van der Waals surface area contributed by atoms with Gasteiger partial charge in [-0.2, -0.15) is 0 Å². The minimum Gasteiger partial charge on any atom is -0.360 e. The highest BCUT2D eigenvalue weighted by molar-refractivity contribution is 6.05. The zero-order valence-electron chi connectivity index (χ0n) is 19.9. The van der Waals surface area contributed by atoms with Gasteiger partial charge in [-0.15, -0.1) is 0 Å². The smallest absolute Gasteiger partial charge is 0.267 e. The van der Waals surface area contributed by atoms with Crippen LogP contribution in [0.2, 0.25) is 0 Å². The van der Waals surface area contributed by atoms with E-state index < -0.39 is 5.91 Å². The highest BCUT2D eigenvalue weighted by Gasteiger charge is 2.19. The number of fused-ring (bicyclic) bond motifs is 2. The first-order chi connectivity index (χ1) is 16.4. The van der Waals surface area contributed by atoms with Gasteiger partial charge in [0.2, 0.25) is 0 Å². The fourth-order valence-corrected chi connectivity index (χ4v) is 4.15. The normalized spacial score (nSPS) is 11.4. The van der Waals surface area contributed by atoms with E-state index in [1.807, 2.05) is 13.0 Å². The van der Waals surface area contributed by atoms with E-state index in [-0.39, 0.29) is 22.4 Å². The number of aromatic nitrogens is 4. The van der Waals surface area contributed by atoms with Crippen LogP contribution in [0, 0.1) is 19.3 Å². The minimum atomic E-state index is -0.523. The molecule has 0 bridgehead atoms. The quantitative estimate of drug-likeness (QED) is 0.283. The molecular weight excluding hydrogens is 432 g/mol. The number of nitrogens with zero attached hydrogens (tertiary/aromatic N) is 4. The summed E-state index contributed by atoms with van der Waals surface area (Å²) in [6, 6.07) is 6.75. The third kappa shape index (κ3) is 4.64. The Kier molecular flexibility index (Phi) is 6.90. The molecule has 9 nitrogen and oxygen atoms in total. The van der Waals surface area contributed by atoms with Crippen molar-refractivity contribution >= 4 is 28.4 Å². The number of carbonyl (C=O) groups excluding carboxylic acids is 1. The van der Waals surface area contributed by atoms with Crippen LogP contribution in [0.25, 0.3) is 16.7 Å². The van der Waals surface area contributed by atoms with Crippen LogP contribution in [0.3, 0.4) is 0 Å². The maximum atomic E-state index is 13.4. The van der Waals surface area contributed by atoms with E-state index in [0.29, 0.717) is 29.0 Å². The van der Waals surface area contributed by atoms with Crippen LogP contribution in [-0.4, -0.2) is 25.0 Å². The molecule has 0 spiro atoms. The number of amides is 1. The number of anilines is 1. The Labute approximate surface area is 196 Å². The molecule has 2 N–H and O–H groups in total. The predicted molar refractivity (Wildman–Crippen MR) is 130 cm³/mol. The van der Waals surface area contributed by atoms with Crippen LogP contribution in [0.4, 0.5) is 5.82 Å². The lowest BCUT2D eigenvalue weighted by atomic mass is 10.1. The Hall–Kier alpha value is -3.75. The summed E-state index contributed by atoms with van der Waals surface area (Å²) in [7, 11) is 0. The number of carbonyl (C=O) groups is 1. The summed E-state index contributed by atoms with van der Waals surface area (Å²) in [5, 5.41) is 15.6. The molecule has 4 rings (SSSR count). The number of hydrogen-bond donors (Lipinski definition) is 2. The highest BCUT2D eigenvalue weighted by atomic mass is 16.5. The molecule has 4 aromatic rings. The van der Waals surface area contributed by atoms with E-state index in [2.05, 4.69) is 17.4 Å². The number of aryl methyl sites for hydroxylation is 3. The monoisotopic (exact) mass is 462 g/mol. The lowest BCUT2D eigenvalue weighted by Crippen LogP contribution is -2.32. The first kappa shape index (κ1) is 23.4. The molecule has 0 fully saturated rings. The van der Waals surface area contributed by atoms with Crippen molar-refractivity contribution in [2.75, 3.05) is 5.32 Å². The Morgan fingerprint density at radius 2 is 1.88 bits per heavy atom. The second-order valence-electron chi connectivity index (χ2n) is 8.64. The number of pyridine rings is 2. The largest absolute Gasteiger partial charge is 0.360 e. The third-order valence-corrected chi connectivity index (χ3v) is 5.98. The van der Waals surface area contributed by atoms with Crippen molar-refractivity contribution in [2.45, 2.75) is 65.8 Å². The van der Waals surface area contributed by atoms with Gasteiger partial charge in [-0.1, -0.05) is 50.3 Å². The van der Waals surface area contributed by atoms with E-state index in [0.717, 1.165) is 24.8 Å². The molecule has 0 aromatic carbocycles. The third-order valence-electron chi connectivity index (χ3n) is 5.98. The molecule has 0 aliphatic heterocycles. The Bertz CT molecular complexity index is 1460. The van der Waals surface area contributed by atoms with Crippen LogP contribution in [0.5, 0.6) is 0 Å². The molecule has 0 saturated heterocycles. The van der Waals surface area contributed by atoms with Gasteiger partial charge in [-0.05, 0) is 38.0 Å². The van der Waals surface area contributed by atoms with Gasteiger partial charge in [0.15, 0.2) is 5.82 Å². The number of unbranched alkanes of at least 4 members (excludes halogenated alkanes) is 5. The number of hydrogen-bond acceptors (Lipinski definition) is 6. The van der Waals surface area contributed by atoms with Crippen molar-refractivity contribution in [3.05, 3.63) is 63.2 Å². The fraction of sp³-hybridized carbons (Fsp3) is 0.400. The summed E-state index contributed by atoms with van der Waals surface area (Å²) in [5.74, 6) is 0.293. The van der Waals surface area contributed by atoms with Crippen molar-refractivity contribution in [2.24, 2.45) is 0 Å². The number of rotatable bonds is 9. The molecule has 4 heterocycles. The summed E-state index contributed by atoms with van der Waals surface area (Å²) in [6.45, 7) is 6.31. The van der Waals surface area contributed by atoms with Gasteiger partial charge in [-0.3, -0.25) is 19.4 Å². The fourth-order valence-electron chi connectivity index (χ4n) is 4.15. The Morgan fingerprint density at radius 1 is 1.12 bits per heavy atom. The Morgan fingerprint density at radius 3 is 2.62 bits per heavy atom. The van der Waals surface area contributed by atoms with E-state index in [1.165, 1.54) is 29.7 Å². The zero-order valence-corrected chi connectivity index (χ0v) is 19.9. The van der Waals surface area contributed by atoms with Crippen LogP contribution in [0.15, 0.2) is 39.8 Å². The molecule has 1 amide bonds. The summed E-state index contributed by atoms with van der Waals surface area (Å²) in [5.41, 5.74) is 1.67. The van der Waals surface area contributed by atoms with Gasteiger partial charge in [0, 0.05) is 18.8 Å². The van der Waals surface area contributed by atoms with Crippen molar-refractivity contribution in [1.82, 2.24) is 19.1 Å². The standard InChI is InChI=1S/C25H30N6O3/c1-4-5-6-7-8-9-12-30-21(26)18(24(32)27-20-14-17(3)34-29-20)15-19-23(30)28-22-16(2)11-10-13-31(22)25(19)33/h10-11,13-15,26H,4-9,12H2,1-3H3,(H,27,29,32). The molecule has 0 unspecified atom stereocenters. The van der Waals surface area contributed by atoms with Crippen LogP contribution in [0.1, 0.15) is 67.1 Å². The molecule has 178 valence electrons. The van der Waals surface area contributed by atoms with Gasteiger partial charge in [0.05, 0.1) is 10.9 Å². The highest BCUT2D eigenvalue weighted by Crippen LogP contribution is 2.15. The topological polar surface area (TPSA) is 118 Å². The zero-order chi connectivity index (χ0) is 24.2. The second kappa shape index (κ2) is 10.0. The molecule has 0 radical (unpaired) electrons. The van der Waals surface area contributed by atoms with Gasteiger partial charge in [0.25, 0.3) is 11.5 Å². The summed E-state index contributed by atoms with van der Waals surface area (Å²) < 4.78 is 8.19. The second-order valence-corrected chi connectivity index (χ2v) is 8.64. The molecule has 0 aliphatic carbocycles. The lowest BCUT2D eigenvalue weighted by molar-refractivity contribution is 0.102. The van der Waals surface area contributed by atoms with Crippen LogP contribution < -0.4 is 16.4 Å². The van der Waals surface area contributed by atoms with Gasteiger partial charge < -0.3 is 14.4 Å². The molecule has 0 atom stereocenters. The van der Waals surface area contributed by atoms with E-state index in [9.17, 15) is 9.59 Å². The average molecular weight is 463 g/mol. The van der Waals surface area contributed by atoms with Crippen LogP contribution >= 0.6 is 0 Å². The van der Waals surface area contributed by atoms with Crippen molar-refractivity contribution in [3.8, 4) is 0 Å². The molecule has 34 heavy (non-hydrogen) atoms. The maximum Gasteiger partial charge on any atom is 0.267 e. The maximum absolute atomic E-state index is 13.4. The predicted octanol–water partition coefficient (Wildman–Crippen LogP) is 4.35. The first-order valence-corrected chi connectivity index (χ1v) is 11.8. The molecule has 0 aliphatic rings. The van der Waals surface area contributed by atoms with Gasteiger partial charge in [0.1, 0.15) is 22.5 Å². The van der Waals surface area contributed by atoms with Crippen molar-refractivity contribution < 1.29 is 9.32 Å². The van der Waals surface area contributed by atoms with Crippen LogP contribution in [-0.2, 0) is 6.54 Å².